The Bertz CT molecular complexity index is 187. The molecule has 0 bridgehead atoms. The van der Waals surface area contributed by atoms with Crippen LogP contribution in [0.3, 0.4) is 0 Å². The van der Waals surface area contributed by atoms with E-state index in [1.165, 1.54) is 5.01 Å². The van der Waals surface area contributed by atoms with E-state index in [9.17, 15) is 4.79 Å². The molecule has 0 saturated heterocycles. The summed E-state index contributed by atoms with van der Waals surface area (Å²) in [5.41, 5.74) is 6.16. The first-order valence-corrected chi connectivity index (χ1v) is 3.19. The fraction of sp³-hybridized carbons (Fsp3) is 0.667. The molecule has 0 radical (unpaired) electrons. The van der Waals surface area contributed by atoms with Crippen molar-refractivity contribution in [3.63, 3.8) is 0 Å². The summed E-state index contributed by atoms with van der Waals surface area (Å²) in [6, 6.07) is 0. The number of amides is 1. The quantitative estimate of drug-likeness (QED) is 0.530. The van der Waals surface area contributed by atoms with Gasteiger partial charge in [0.15, 0.2) is 0 Å². The van der Waals surface area contributed by atoms with Crippen LogP contribution in [-0.2, 0) is 4.79 Å². The lowest BCUT2D eigenvalue weighted by molar-refractivity contribution is -0.130. The monoisotopic (exact) mass is 141 g/mol. The van der Waals surface area contributed by atoms with E-state index in [4.69, 9.17) is 5.73 Å². The van der Waals surface area contributed by atoms with Crippen LogP contribution in [-0.4, -0.2) is 30.2 Å². The van der Waals surface area contributed by atoms with E-state index in [2.05, 4.69) is 5.10 Å². The molecule has 1 amide bonds. The van der Waals surface area contributed by atoms with E-state index >= 15 is 0 Å². The normalized spacial score (nSPS) is 25.5. The third kappa shape index (κ3) is 0.903. The number of carbonyl (C=O) groups is 1. The van der Waals surface area contributed by atoms with E-state index in [1.54, 1.807) is 7.05 Å². The Morgan fingerprint density at radius 3 is 2.60 bits per heavy atom. The Labute approximate surface area is 59.7 Å². The maximum atomic E-state index is 11.1. The summed E-state index contributed by atoms with van der Waals surface area (Å²) in [7, 11) is 1.64. The molecular formula is C6H11N3O. The summed E-state index contributed by atoms with van der Waals surface area (Å²) in [4.78, 5) is 11.1. The van der Waals surface area contributed by atoms with Gasteiger partial charge in [-0.05, 0) is 6.92 Å². The van der Waals surface area contributed by atoms with Gasteiger partial charge in [0.2, 0.25) is 0 Å². The van der Waals surface area contributed by atoms with Crippen molar-refractivity contribution in [3.8, 4) is 0 Å². The number of hydrogen-bond donors (Lipinski definition) is 1. The Balaban J connectivity index is 2.78. The predicted octanol–water partition coefficient (Wildman–Crippen LogP) is -0.591. The van der Waals surface area contributed by atoms with Crippen LogP contribution in [0.4, 0.5) is 0 Å². The van der Waals surface area contributed by atoms with Gasteiger partial charge in [0.1, 0.15) is 0 Å². The molecule has 10 heavy (non-hydrogen) atoms. The Kier molecular flexibility index (Phi) is 1.72. The van der Waals surface area contributed by atoms with Gasteiger partial charge in [-0.15, -0.1) is 0 Å². The second-order valence-corrected chi connectivity index (χ2v) is 2.39. The molecule has 0 aromatic rings. The van der Waals surface area contributed by atoms with Crippen LogP contribution in [0.5, 0.6) is 0 Å². The van der Waals surface area contributed by atoms with Crippen LogP contribution in [0.15, 0.2) is 5.10 Å². The van der Waals surface area contributed by atoms with Gasteiger partial charge in [-0.1, -0.05) is 0 Å². The molecule has 0 aromatic carbocycles. The number of hydrogen-bond acceptors (Lipinski definition) is 3. The van der Waals surface area contributed by atoms with Crippen LogP contribution in [0.2, 0.25) is 0 Å². The zero-order valence-corrected chi connectivity index (χ0v) is 6.16. The molecule has 1 aliphatic heterocycles. The van der Waals surface area contributed by atoms with E-state index in [0.717, 1.165) is 5.71 Å². The molecule has 1 aliphatic rings. The van der Waals surface area contributed by atoms with Crippen LogP contribution in [0, 0.1) is 5.92 Å². The Morgan fingerprint density at radius 2 is 2.40 bits per heavy atom. The van der Waals surface area contributed by atoms with Gasteiger partial charge in [0, 0.05) is 19.3 Å². The highest BCUT2D eigenvalue weighted by atomic mass is 16.2. The van der Waals surface area contributed by atoms with Crippen molar-refractivity contribution in [2.75, 3.05) is 13.6 Å². The van der Waals surface area contributed by atoms with E-state index in [-0.39, 0.29) is 11.8 Å². The number of carbonyl (C=O) groups excluding carboxylic acids is 1. The molecule has 0 fully saturated rings. The number of nitrogens with two attached hydrogens (primary N) is 1. The Morgan fingerprint density at radius 1 is 1.80 bits per heavy atom. The third-order valence-electron chi connectivity index (χ3n) is 1.66. The molecule has 56 valence electrons. The van der Waals surface area contributed by atoms with Crippen molar-refractivity contribution < 1.29 is 4.79 Å². The van der Waals surface area contributed by atoms with E-state index in [0.29, 0.717) is 6.54 Å². The van der Waals surface area contributed by atoms with Gasteiger partial charge >= 0.3 is 0 Å². The molecule has 0 spiro atoms. The van der Waals surface area contributed by atoms with Gasteiger partial charge < -0.3 is 5.73 Å². The molecule has 0 aromatic heterocycles. The smallest absolute Gasteiger partial charge is 0.252 e. The lowest BCUT2D eigenvalue weighted by Crippen LogP contribution is -2.30. The first kappa shape index (κ1) is 7.21. The Hall–Kier alpha value is -0.900. The summed E-state index contributed by atoms with van der Waals surface area (Å²) in [6.07, 6.45) is 0. The minimum absolute atomic E-state index is 0.000000000000000444. The molecule has 0 aliphatic carbocycles. The zero-order chi connectivity index (χ0) is 7.72. The second kappa shape index (κ2) is 2.38. The minimum Gasteiger partial charge on any atom is -0.329 e. The fourth-order valence-electron chi connectivity index (χ4n) is 1.03. The molecule has 1 unspecified atom stereocenters. The van der Waals surface area contributed by atoms with E-state index < -0.39 is 0 Å². The molecule has 0 saturated carbocycles. The van der Waals surface area contributed by atoms with Gasteiger partial charge in [0.25, 0.3) is 5.91 Å². The average Bonchev–Trinajstić information content (AvgIpc) is 2.09. The summed E-state index contributed by atoms with van der Waals surface area (Å²) < 4.78 is 0. The van der Waals surface area contributed by atoms with Crippen molar-refractivity contribution in [2.45, 2.75) is 6.92 Å². The highest BCUT2D eigenvalue weighted by molar-refractivity contribution is 6.06. The van der Waals surface area contributed by atoms with Crippen molar-refractivity contribution in [2.24, 2.45) is 16.8 Å². The summed E-state index contributed by atoms with van der Waals surface area (Å²) >= 11 is 0. The fourth-order valence-corrected chi connectivity index (χ4v) is 1.03. The summed E-state index contributed by atoms with van der Waals surface area (Å²) in [5, 5.41) is 5.28. The third-order valence-corrected chi connectivity index (χ3v) is 1.66. The summed E-state index contributed by atoms with van der Waals surface area (Å²) in [5.74, 6) is -0.176. The molecule has 1 rings (SSSR count). The van der Waals surface area contributed by atoms with Crippen LogP contribution < -0.4 is 5.73 Å². The molecular weight excluding hydrogens is 130 g/mol. The van der Waals surface area contributed by atoms with Gasteiger partial charge in [-0.3, -0.25) is 4.79 Å². The topological polar surface area (TPSA) is 58.7 Å². The van der Waals surface area contributed by atoms with Crippen LogP contribution in [0.1, 0.15) is 6.92 Å². The highest BCUT2D eigenvalue weighted by Gasteiger charge is 2.29. The largest absolute Gasteiger partial charge is 0.329 e. The van der Waals surface area contributed by atoms with E-state index in [1.807, 2.05) is 6.92 Å². The van der Waals surface area contributed by atoms with Crippen molar-refractivity contribution in [1.82, 2.24) is 5.01 Å². The van der Waals surface area contributed by atoms with Crippen molar-refractivity contribution in [1.29, 1.82) is 0 Å². The first-order chi connectivity index (χ1) is 4.66. The van der Waals surface area contributed by atoms with Crippen LogP contribution in [0.25, 0.3) is 0 Å². The van der Waals surface area contributed by atoms with Crippen molar-refractivity contribution in [3.05, 3.63) is 0 Å². The lowest BCUT2D eigenvalue weighted by atomic mass is 10.1. The molecule has 1 atom stereocenters. The van der Waals surface area contributed by atoms with Crippen molar-refractivity contribution >= 4 is 11.6 Å². The first-order valence-electron chi connectivity index (χ1n) is 3.19. The SMILES string of the molecule is CC1=NN(C)C(=O)C1CN. The highest BCUT2D eigenvalue weighted by Crippen LogP contribution is 2.11. The van der Waals surface area contributed by atoms with Gasteiger partial charge in [-0.2, -0.15) is 5.10 Å². The minimum atomic E-state index is -0.176. The van der Waals surface area contributed by atoms with Gasteiger partial charge in [0.05, 0.1) is 5.92 Å². The predicted molar refractivity (Wildman–Crippen MR) is 38.4 cm³/mol. The zero-order valence-electron chi connectivity index (χ0n) is 6.16. The second-order valence-electron chi connectivity index (χ2n) is 2.39. The van der Waals surface area contributed by atoms with Gasteiger partial charge in [-0.25, -0.2) is 5.01 Å². The number of nitrogens with zero attached hydrogens (tertiary/aromatic N) is 2. The molecule has 4 heteroatoms. The lowest BCUT2D eigenvalue weighted by Gasteiger charge is -2.05. The standard InChI is InChI=1S/C6H11N3O/c1-4-5(3-7)6(10)9(2)8-4/h5H,3,7H2,1-2H3. The maximum Gasteiger partial charge on any atom is 0.252 e. The maximum absolute atomic E-state index is 11.1. The molecule has 4 nitrogen and oxygen atoms in total. The molecule has 1 heterocycles. The molecule has 2 N–H and O–H groups in total. The average molecular weight is 141 g/mol. The van der Waals surface area contributed by atoms with Crippen LogP contribution >= 0.6 is 0 Å². The summed E-state index contributed by atoms with van der Waals surface area (Å²) in [6.45, 7) is 2.18. The number of rotatable bonds is 1. The number of hydrazone groups is 1.